The molecule has 0 bridgehead atoms. The van der Waals surface area contributed by atoms with Gasteiger partial charge in [-0.1, -0.05) is 24.3 Å². The van der Waals surface area contributed by atoms with Gasteiger partial charge >= 0.3 is 0 Å². The Kier molecular flexibility index (Phi) is 4.18. The standard InChI is InChI=1S/C25H20FN5/c26-18-4-1-16(2-5-18)21-13-28-14-24-19(21)12-23(29-24)25-20-11-17(3-6-22(20)30-31-25)15-7-9-27-10-8-15/h1-7,11-14,27,29H,8-10H2,(H,30,31). The highest BCUT2D eigenvalue weighted by molar-refractivity contribution is 6.01. The van der Waals surface area contributed by atoms with Gasteiger partial charge in [0.05, 0.1) is 22.9 Å². The summed E-state index contributed by atoms with van der Waals surface area (Å²) in [5.74, 6) is -0.249. The average Bonchev–Trinajstić information content (AvgIpc) is 3.43. The second-order valence-electron chi connectivity index (χ2n) is 7.85. The summed E-state index contributed by atoms with van der Waals surface area (Å²) in [6.45, 7) is 1.91. The molecule has 0 aliphatic carbocycles. The van der Waals surface area contributed by atoms with Gasteiger partial charge in [0, 0.05) is 29.1 Å². The van der Waals surface area contributed by atoms with E-state index in [0.29, 0.717) is 0 Å². The van der Waals surface area contributed by atoms with Crippen LogP contribution in [0.2, 0.25) is 0 Å². The number of benzene rings is 2. The predicted molar refractivity (Wildman–Crippen MR) is 122 cm³/mol. The third kappa shape index (κ3) is 3.12. The van der Waals surface area contributed by atoms with E-state index in [9.17, 15) is 4.39 Å². The molecule has 5 aromatic rings. The van der Waals surface area contributed by atoms with Crippen LogP contribution >= 0.6 is 0 Å². The molecule has 0 atom stereocenters. The van der Waals surface area contributed by atoms with E-state index in [-0.39, 0.29) is 5.82 Å². The summed E-state index contributed by atoms with van der Waals surface area (Å²) < 4.78 is 13.4. The number of aromatic nitrogens is 4. The maximum atomic E-state index is 13.4. The second kappa shape index (κ2) is 7.18. The van der Waals surface area contributed by atoms with Crippen molar-refractivity contribution < 1.29 is 4.39 Å². The van der Waals surface area contributed by atoms with Crippen molar-refractivity contribution in [1.29, 1.82) is 0 Å². The zero-order valence-corrected chi connectivity index (χ0v) is 16.7. The highest BCUT2D eigenvalue weighted by Gasteiger charge is 2.15. The fraction of sp³-hybridized carbons (Fsp3) is 0.120. The lowest BCUT2D eigenvalue weighted by molar-refractivity contribution is 0.628. The number of rotatable bonds is 3. The normalized spacial score (nSPS) is 14.3. The first-order valence-corrected chi connectivity index (χ1v) is 10.4. The minimum atomic E-state index is -0.249. The Balaban J connectivity index is 1.48. The minimum absolute atomic E-state index is 0.249. The van der Waals surface area contributed by atoms with Crippen LogP contribution in [0.5, 0.6) is 0 Å². The third-order valence-electron chi connectivity index (χ3n) is 5.95. The van der Waals surface area contributed by atoms with Crippen LogP contribution in [0.15, 0.2) is 67.0 Å². The number of halogens is 1. The van der Waals surface area contributed by atoms with Crippen molar-refractivity contribution >= 4 is 27.4 Å². The van der Waals surface area contributed by atoms with Gasteiger partial charge in [-0.3, -0.25) is 10.1 Å². The molecule has 6 heteroatoms. The molecule has 0 fully saturated rings. The quantitative estimate of drug-likeness (QED) is 0.379. The summed E-state index contributed by atoms with van der Waals surface area (Å²) in [5, 5.41) is 13.2. The Bertz CT molecular complexity index is 1440. The number of hydrogen-bond acceptors (Lipinski definition) is 3. The molecule has 0 spiro atoms. The zero-order valence-electron chi connectivity index (χ0n) is 16.7. The fourth-order valence-electron chi connectivity index (χ4n) is 4.34. The molecule has 0 amide bonds. The Hall–Kier alpha value is -3.77. The van der Waals surface area contributed by atoms with E-state index in [1.165, 1.54) is 23.3 Å². The van der Waals surface area contributed by atoms with Gasteiger partial charge in [-0.2, -0.15) is 5.10 Å². The topological polar surface area (TPSA) is 69.4 Å². The van der Waals surface area contributed by atoms with Gasteiger partial charge in [0.25, 0.3) is 0 Å². The van der Waals surface area contributed by atoms with Gasteiger partial charge in [-0.15, -0.1) is 0 Å². The molecule has 1 aliphatic rings. The van der Waals surface area contributed by atoms with Crippen LogP contribution in [0.4, 0.5) is 4.39 Å². The smallest absolute Gasteiger partial charge is 0.123 e. The van der Waals surface area contributed by atoms with Crippen molar-refractivity contribution in [3.05, 3.63) is 78.4 Å². The largest absolute Gasteiger partial charge is 0.352 e. The summed E-state index contributed by atoms with van der Waals surface area (Å²) in [6, 6.07) is 15.1. The van der Waals surface area contributed by atoms with Gasteiger partial charge < -0.3 is 10.3 Å². The number of nitrogens with zero attached hydrogens (tertiary/aromatic N) is 2. The number of fused-ring (bicyclic) bond motifs is 2. The molecule has 4 heterocycles. The zero-order chi connectivity index (χ0) is 20.8. The molecule has 1 aliphatic heterocycles. The van der Waals surface area contributed by atoms with E-state index in [1.54, 1.807) is 12.1 Å². The fourth-order valence-corrected chi connectivity index (χ4v) is 4.34. The summed E-state index contributed by atoms with van der Waals surface area (Å²) in [5.41, 5.74) is 8.22. The van der Waals surface area contributed by atoms with Crippen molar-refractivity contribution in [3.63, 3.8) is 0 Å². The van der Waals surface area contributed by atoms with Crippen LogP contribution < -0.4 is 5.32 Å². The first-order chi connectivity index (χ1) is 15.3. The van der Waals surface area contributed by atoms with Crippen molar-refractivity contribution in [2.24, 2.45) is 0 Å². The maximum Gasteiger partial charge on any atom is 0.123 e. The van der Waals surface area contributed by atoms with Gasteiger partial charge in [-0.25, -0.2) is 4.39 Å². The van der Waals surface area contributed by atoms with Crippen LogP contribution in [-0.2, 0) is 0 Å². The number of aromatic amines is 2. The molecule has 3 N–H and O–H groups in total. The molecular weight excluding hydrogens is 389 g/mol. The minimum Gasteiger partial charge on any atom is -0.352 e. The molecule has 0 radical (unpaired) electrons. The highest BCUT2D eigenvalue weighted by atomic mass is 19.1. The van der Waals surface area contributed by atoms with E-state index in [1.807, 2.05) is 12.4 Å². The predicted octanol–water partition coefficient (Wildman–Crippen LogP) is 5.29. The van der Waals surface area contributed by atoms with Crippen LogP contribution in [0.3, 0.4) is 0 Å². The number of hydrogen-bond donors (Lipinski definition) is 3. The lowest BCUT2D eigenvalue weighted by Crippen LogP contribution is -2.19. The van der Waals surface area contributed by atoms with Crippen molar-refractivity contribution in [1.82, 2.24) is 25.5 Å². The number of pyridine rings is 1. The number of nitrogens with one attached hydrogen (secondary N) is 3. The van der Waals surface area contributed by atoms with E-state index in [2.05, 4.69) is 55.8 Å². The summed E-state index contributed by atoms with van der Waals surface area (Å²) in [6.07, 6.45) is 6.91. The summed E-state index contributed by atoms with van der Waals surface area (Å²) in [4.78, 5) is 7.84. The molecule has 5 nitrogen and oxygen atoms in total. The molecule has 6 rings (SSSR count). The Morgan fingerprint density at radius 3 is 2.58 bits per heavy atom. The highest BCUT2D eigenvalue weighted by Crippen LogP contribution is 2.34. The van der Waals surface area contributed by atoms with Gasteiger partial charge in [-0.05, 0) is 60.0 Å². The van der Waals surface area contributed by atoms with Crippen LogP contribution in [0.25, 0.3) is 49.9 Å². The Morgan fingerprint density at radius 2 is 1.74 bits per heavy atom. The van der Waals surface area contributed by atoms with Crippen molar-refractivity contribution in [2.45, 2.75) is 6.42 Å². The maximum absolute atomic E-state index is 13.4. The van der Waals surface area contributed by atoms with Crippen LogP contribution in [-0.4, -0.2) is 33.3 Å². The van der Waals surface area contributed by atoms with Crippen molar-refractivity contribution in [2.75, 3.05) is 13.1 Å². The SMILES string of the molecule is Fc1ccc(-c2cncc3[nH]c(-c4n[nH]c5ccc(C6=CCNCC6)cc45)cc23)cc1. The molecular formula is C25H20FN5. The van der Waals surface area contributed by atoms with Crippen molar-refractivity contribution in [3.8, 4) is 22.5 Å². The molecule has 0 unspecified atom stereocenters. The van der Waals surface area contributed by atoms with Crippen LogP contribution in [0, 0.1) is 5.82 Å². The van der Waals surface area contributed by atoms with E-state index >= 15 is 0 Å². The Labute approximate surface area is 178 Å². The molecule has 2 aromatic carbocycles. The lowest BCUT2D eigenvalue weighted by Gasteiger charge is -2.14. The molecule has 31 heavy (non-hydrogen) atoms. The lowest BCUT2D eigenvalue weighted by atomic mass is 9.98. The number of H-pyrrole nitrogens is 2. The second-order valence-corrected chi connectivity index (χ2v) is 7.85. The van der Waals surface area contributed by atoms with E-state index in [0.717, 1.165) is 63.8 Å². The molecule has 3 aromatic heterocycles. The molecule has 0 saturated heterocycles. The average molecular weight is 409 g/mol. The van der Waals surface area contributed by atoms with E-state index in [4.69, 9.17) is 0 Å². The summed E-state index contributed by atoms with van der Waals surface area (Å²) >= 11 is 0. The first-order valence-electron chi connectivity index (χ1n) is 10.4. The van der Waals surface area contributed by atoms with Crippen LogP contribution in [0.1, 0.15) is 12.0 Å². The molecule has 152 valence electrons. The van der Waals surface area contributed by atoms with Gasteiger partial charge in [0.15, 0.2) is 0 Å². The van der Waals surface area contributed by atoms with Gasteiger partial charge in [0.1, 0.15) is 11.5 Å². The Morgan fingerprint density at radius 1 is 0.871 bits per heavy atom. The monoisotopic (exact) mass is 409 g/mol. The third-order valence-corrected chi connectivity index (χ3v) is 5.95. The van der Waals surface area contributed by atoms with E-state index < -0.39 is 0 Å². The molecule has 0 saturated carbocycles. The van der Waals surface area contributed by atoms with Gasteiger partial charge in [0.2, 0.25) is 0 Å². The first kappa shape index (κ1) is 18.0. The summed E-state index contributed by atoms with van der Waals surface area (Å²) in [7, 11) is 0.